The average Bonchev–Trinajstić information content (AvgIpc) is 2.44. The normalized spacial score (nSPS) is 12.1. The van der Waals surface area contributed by atoms with Gasteiger partial charge in [0.15, 0.2) is 0 Å². The molecule has 0 saturated carbocycles. The van der Waals surface area contributed by atoms with Gasteiger partial charge in [-0.15, -0.1) is 11.6 Å². The summed E-state index contributed by atoms with van der Waals surface area (Å²) in [4.78, 5) is 22.7. The van der Waals surface area contributed by atoms with Gasteiger partial charge in [-0.2, -0.15) is 0 Å². The Kier molecular flexibility index (Phi) is 11.4. The summed E-state index contributed by atoms with van der Waals surface area (Å²) in [6, 6.07) is 0. The average molecular weight is 363 g/mol. The van der Waals surface area contributed by atoms with E-state index in [-0.39, 0.29) is 22.2 Å². The van der Waals surface area contributed by atoms with Gasteiger partial charge in [0.2, 0.25) is 0 Å². The highest BCUT2D eigenvalue weighted by Gasteiger charge is 2.16. The zero-order chi connectivity index (χ0) is 18.6. The molecule has 0 fully saturated rings. The van der Waals surface area contributed by atoms with E-state index < -0.39 is 0 Å². The number of alkyl halides is 1. The van der Waals surface area contributed by atoms with Crippen LogP contribution in [0.25, 0.3) is 0 Å². The van der Waals surface area contributed by atoms with E-state index in [0.29, 0.717) is 32.5 Å². The molecule has 5 heteroatoms. The molecule has 0 spiro atoms. The molecule has 0 bridgehead atoms. The van der Waals surface area contributed by atoms with Gasteiger partial charge in [0.1, 0.15) is 0 Å². The number of carbonyl (C=O) groups excluding carboxylic acids is 2. The van der Waals surface area contributed by atoms with Crippen LogP contribution < -0.4 is 0 Å². The van der Waals surface area contributed by atoms with Crippen LogP contribution in [0, 0.1) is 5.41 Å². The summed E-state index contributed by atoms with van der Waals surface area (Å²) in [5.41, 5.74) is 0.163. The van der Waals surface area contributed by atoms with Gasteiger partial charge >= 0.3 is 11.9 Å². The van der Waals surface area contributed by atoms with Crippen molar-refractivity contribution in [2.75, 3.05) is 13.2 Å². The van der Waals surface area contributed by atoms with Gasteiger partial charge in [-0.25, -0.2) is 0 Å². The van der Waals surface area contributed by atoms with Gasteiger partial charge in [0.25, 0.3) is 0 Å². The minimum absolute atomic E-state index is 0.110. The van der Waals surface area contributed by atoms with E-state index in [1.807, 2.05) is 13.8 Å². The molecule has 0 N–H and O–H groups in total. The lowest BCUT2D eigenvalue weighted by molar-refractivity contribution is -0.145. The molecule has 0 aromatic rings. The fraction of sp³-hybridized carbons (Fsp3) is 0.895. The van der Waals surface area contributed by atoms with Crippen LogP contribution in [0.2, 0.25) is 0 Å². The second-order valence-corrected chi connectivity index (χ2v) is 9.16. The second kappa shape index (κ2) is 11.7. The zero-order valence-corrected chi connectivity index (χ0v) is 16.8. The van der Waals surface area contributed by atoms with Crippen molar-refractivity contribution in [1.29, 1.82) is 0 Å². The van der Waals surface area contributed by atoms with Crippen LogP contribution in [-0.2, 0) is 19.1 Å². The number of halogens is 1. The summed E-state index contributed by atoms with van der Waals surface area (Å²) in [5, 5.41) is 0. The maximum atomic E-state index is 11.5. The molecule has 0 aromatic heterocycles. The molecule has 0 heterocycles. The van der Waals surface area contributed by atoms with Crippen molar-refractivity contribution in [2.45, 2.75) is 90.9 Å². The number of ether oxygens (including phenoxy) is 2. The smallest absolute Gasteiger partial charge is 0.305 e. The van der Waals surface area contributed by atoms with Crippen molar-refractivity contribution in [2.24, 2.45) is 5.41 Å². The van der Waals surface area contributed by atoms with Crippen molar-refractivity contribution in [3.8, 4) is 0 Å². The molecule has 0 rings (SSSR count). The van der Waals surface area contributed by atoms with Crippen molar-refractivity contribution >= 4 is 23.5 Å². The van der Waals surface area contributed by atoms with Crippen LogP contribution in [0.1, 0.15) is 86.0 Å². The Labute approximate surface area is 152 Å². The number of esters is 2. The first-order valence-corrected chi connectivity index (χ1v) is 9.38. The van der Waals surface area contributed by atoms with Gasteiger partial charge in [-0.05, 0) is 57.8 Å². The highest BCUT2D eigenvalue weighted by atomic mass is 35.5. The van der Waals surface area contributed by atoms with E-state index in [0.717, 1.165) is 32.1 Å². The summed E-state index contributed by atoms with van der Waals surface area (Å²) in [5.74, 6) is -0.294. The summed E-state index contributed by atoms with van der Waals surface area (Å²) >= 11 is 6.03. The number of unbranched alkanes of at least 4 members (excludes halogenated alkanes) is 3. The van der Waals surface area contributed by atoms with Crippen LogP contribution in [-0.4, -0.2) is 30.0 Å². The first kappa shape index (κ1) is 23.2. The number of carbonyl (C=O) groups is 2. The van der Waals surface area contributed by atoms with Crippen molar-refractivity contribution in [1.82, 2.24) is 0 Å². The molecule has 0 radical (unpaired) electrons. The second-order valence-electron chi connectivity index (χ2n) is 8.13. The van der Waals surface area contributed by atoms with Crippen LogP contribution in [0.15, 0.2) is 0 Å². The maximum absolute atomic E-state index is 11.5. The minimum atomic E-state index is -0.358. The molecular weight excluding hydrogens is 328 g/mol. The lowest BCUT2D eigenvalue weighted by atomic mass is 9.91. The van der Waals surface area contributed by atoms with Crippen LogP contribution in [0.4, 0.5) is 0 Å². The van der Waals surface area contributed by atoms with E-state index in [9.17, 15) is 9.59 Å². The molecule has 24 heavy (non-hydrogen) atoms. The largest absolute Gasteiger partial charge is 0.466 e. The Balaban J connectivity index is 3.42. The minimum Gasteiger partial charge on any atom is -0.466 e. The number of hydrogen-bond acceptors (Lipinski definition) is 4. The zero-order valence-electron chi connectivity index (χ0n) is 16.1. The van der Waals surface area contributed by atoms with Crippen molar-refractivity contribution in [3.63, 3.8) is 0 Å². The fourth-order valence-electron chi connectivity index (χ4n) is 1.95. The molecule has 0 amide bonds. The third-order valence-corrected chi connectivity index (χ3v) is 3.76. The van der Waals surface area contributed by atoms with Crippen molar-refractivity contribution < 1.29 is 19.1 Å². The fourth-order valence-corrected chi connectivity index (χ4v) is 2.04. The Morgan fingerprint density at radius 2 is 1.17 bits per heavy atom. The first-order chi connectivity index (χ1) is 11.0. The molecule has 0 aliphatic heterocycles. The maximum Gasteiger partial charge on any atom is 0.305 e. The number of hydrogen-bond donors (Lipinski definition) is 0. The van der Waals surface area contributed by atoms with Gasteiger partial charge in [-0.3, -0.25) is 9.59 Å². The predicted octanol–water partition coefficient (Wildman–Crippen LogP) is 5.26. The summed E-state index contributed by atoms with van der Waals surface area (Å²) < 4.78 is 10.4. The van der Waals surface area contributed by atoms with E-state index in [1.54, 1.807) is 0 Å². The molecule has 4 nitrogen and oxygen atoms in total. The Morgan fingerprint density at radius 3 is 1.54 bits per heavy atom. The molecule has 0 aromatic carbocycles. The van der Waals surface area contributed by atoms with Gasteiger partial charge in [0, 0.05) is 17.7 Å². The quantitative estimate of drug-likeness (QED) is 0.270. The van der Waals surface area contributed by atoms with Gasteiger partial charge in [0.05, 0.1) is 13.2 Å². The lowest BCUT2D eigenvalue weighted by Crippen LogP contribution is -2.14. The molecule has 0 aliphatic rings. The van der Waals surface area contributed by atoms with Crippen LogP contribution in [0.3, 0.4) is 0 Å². The van der Waals surface area contributed by atoms with E-state index in [1.165, 1.54) is 0 Å². The van der Waals surface area contributed by atoms with Crippen LogP contribution in [0.5, 0.6) is 0 Å². The van der Waals surface area contributed by atoms with E-state index in [2.05, 4.69) is 20.8 Å². The standard InChI is InChI=1S/C19H35ClO4/c1-18(2,3)12-10-16(21)23-14-8-6-7-9-15-24-17(22)11-13-19(4,5)20/h6-15H2,1-5H3. The summed E-state index contributed by atoms with van der Waals surface area (Å²) in [7, 11) is 0. The van der Waals surface area contributed by atoms with Gasteiger partial charge in [-0.1, -0.05) is 20.8 Å². The highest BCUT2D eigenvalue weighted by molar-refractivity contribution is 6.23. The third-order valence-electron chi connectivity index (χ3n) is 3.57. The van der Waals surface area contributed by atoms with Crippen molar-refractivity contribution in [3.05, 3.63) is 0 Å². The topological polar surface area (TPSA) is 52.6 Å². The number of rotatable bonds is 12. The molecule has 0 unspecified atom stereocenters. The molecule has 0 saturated heterocycles. The monoisotopic (exact) mass is 362 g/mol. The first-order valence-electron chi connectivity index (χ1n) is 9.00. The Bertz CT molecular complexity index is 331. The molecule has 0 atom stereocenters. The highest BCUT2D eigenvalue weighted by Crippen LogP contribution is 2.21. The van der Waals surface area contributed by atoms with E-state index >= 15 is 0 Å². The summed E-state index contributed by atoms with van der Waals surface area (Å²) in [6.07, 6.45) is 5.95. The van der Waals surface area contributed by atoms with E-state index in [4.69, 9.17) is 21.1 Å². The Morgan fingerprint density at radius 1 is 0.750 bits per heavy atom. The third kappa shape index (κ3) is 17.6. The Hall–Kier alpha value is -0.770. The summed E-state index contributed by atoms with van der Waals surface area (Å²) in [6.45, 7) is 11.0. The molecule has 142 valence electrons. The lowest BCUT2D eigenvalue weighted by Gasteiger charge is -2.16. The van der Waals surface area contributed by atoms with Crippen LogP contribution >= 0.6 is 11.6 Å². The van der Waals surface area contributed by atoms with Gasteiger partial charge < -0.3 is 9.47 Å². The predicted molar refractivity (Wildman–Crippen MR) is 98.2 cm³/mol. The SMILES string of the molecule is CC(C)(C)CCC(=O)OCCCCCCOC(=O)CCC(C)(C)Cl. The molecular formula is C19H35ClO4. The molecule has 0 aliphatic carbocycles.